The Bertz CT molecular complexity index is 374. The zero-order valence-corrected chi connectivity index (χ0v) is 13.6. The monoisotopic (exact) mass is 277 g/mol. The largest absolute Gasteiger partial charge is 0.468 e. The molecule has 2 heteroatoms. The molecule has 0 radical (unpaired) electrons. The molecule has 1 aromatic rings. The number of furan rings is 1. The summed E-state index contributed by atoms with van der Waals surface area (Å²) in [7, 11) is 0. The van der Waals surface area contributed by atoms with Crippen molar-refractivity contribution in [2.75, 3.05) is 0 Å². The van der Waals surface area contributed by atoms with E-state index in [9.17, 15) is 0 Å². The molecule has 1 aliphatic rings. The van der Waals surface area contributed by atoms with E-state index in [4.69, 9.17) is 4.42 Å². The van der Waals surface area contributed by atoms with Gasteiger partial charge in [-0.1, -0.05) is 34.1 Å². The molecule has 1 atom stereocenters. The molecule has 1 N–H and O–H groups in total. The maximum Gasteiger partial charge on any atom is 0.120 e. The topological polar surface area (TPSA) is 25.2 Å². The van der Waals surface area contributed by atoms with Gasteiger partial charge in [-0.3, -0.25) is 0 Å². The average molecular weight is 277 g/mol. The van der Waals surface area contributed by atoms with Crippen LogP contribution >= 0.6 is 0 Å². The third-order valence-electron chi connectivity index (χ3n) is 5.48. The zero-order valence-electron chi connectivity index (χ0n) is 13.6. The van der Waals surface area contributed by atoms with E-state index in [0.717, 1.165) is 18.1 Å². The standard InChI is InChI=1S/C18H31NO/c1-5-16(17-8-7-13-20-17)19-15-11-9-14(10-12-15)18(3,4)6-2/h7-8,13-16,19H,5-6,9-12H2,1-4H3. The van der Waals surface area contributed by atoms with Crippen molar-refractivity contribution in [3.05, 3.63) is 24.2 Å². The highest BCUT2D eigenvalue weighted by atomic mass is 16.3. The maximum atomic E-state index is 5.56. The summed E-state index contributed by atoms with van der Waals surface area (Å²) in [6.45, 7) is 9.42. The molecule has 1 aliphatic carbocycles. The van der Waals surface area contributed by atoms with Crippen LogP contribution in [0.2, 0.25) is 0 Å². The summed E-state index contributed by atoms with van der Waals surface area (Å²) in [5, 5.41) is 3.80. The van der Waals surface area contributed by atoms with Crippen molar-refractivity contribution in [2.24, 2.45) is 11.3 Å². The van der Waals surface area contributed by atoms with E-state index in [0.29, 0.717) is 17.5 Å². The van der Waals surface area contributed by atoms with Gasteiger partial charge in [0, 0.05) is 6.04 Å². The molecule has 114 valence electrons. The second-order valence-electron chi connectivity index (χ2n) is 7.03. The first-order valence-electron chi connectivity index (χ1n) is 8.36. The molecule has 1 aromatic heterocycles. The van der Waals surface area contributed by atoms with Gasteiger partial charge in [0.25, 0.3) is 0 Å². The molecule has 0 aromatic carbocycles. The van der Waals surface area contributed by atoms with E-state index < -0.39 is 0 Å². The molecule has 0 spiro atoms. The molecule has 2 rings (SSSR count). The lowest BCUT2D eigenvalue weighted by atomic mass is 9.69. The van der Waals surface area contributed by atoms with Gasteiger partial charge in [0.1, 0.15) is 5.76 Å². The molecule has 0 aliphatic heterocycles. The van der Waals surface area contributed by atoms with Crippen molar-refractivity contribution >= 4 is 0 Å². The summed E-state index contributed by atoms with van der Waals surface area (Å²) in [6.07, 6.45) is 9.52. The Morgan fingerprint density at radius 3 is 2.45 bits per heavy atom. The molecular weight excluding hydrogens is 246 g/mol. The Labute approximate surface area is 124 Å². The van der Waals surface area contributed by atoms with Gasteiger partial charge < -0.3 is 9.73 Å². The molecule has 1 saturated carbocycles. The number of hydrogen-bond acceptors (Lipinski definition) is 2. The van der Waals surface area contributed by atoms with Gasteiger partial charge >= 0.3 is 0 Å². The first-order valence-corrected chi connectivity index (χ1v) is 8.36. The lowest BCUT2D eigenvalue weighted by Gasteiger charge is -2.39. The first kappa shape index (κ1) is 15.6. The van der Waals surface area contributed by atoms with E-state index in [1.165, 1.54) is 32.1 Å². The SMILES string of the molecule is CCC(NC1CCC(C(C)(C)CC)CC1)c1ccco1. The molecule has 1 heterocycles. The molecule has 1 unspecified atom stereocenters. The van der Waals surface area contributed by atoms with Gasteiger partial charge in [-0.05, 0) is 55.6 Å². The fourth-order valence-corrected chi connectivity index (χ4v) is 3.51. The summed E-state index contributed by atoms with van der Waals surface area (Å²) < 4.78 is 5.56. The van der Waals surface area contributed by atoms with Crippen LogP contribution in [0.3, 0.4) is 0 Å². The average Bonchev–Trinajstić information content (AvgIpc) is 2.99. The van der Waals surface area contributed by atoms with Crippen LogP contribution in [-0.2, 0) is 0 Å². The number of hydrogen-bond donors (Lipinski definition) is 1. The van der Waals surface area contributed by atoms with Gasteiger partial charge in [-0.15, -0.1) is 0 Å². The third-order valence-corrected chi connectivity index (χ3v) is 5.48. The normalized spacial score (nSPS) is 25.6. The quantitative estimate of drug-likeness (QED) is 0.761. The summed E-state index contributed by atoms with van der Waals surface area (Å²) in [4.78, 5) is 0. The van der Waals surface area contributed by atoms with Crippen molar-refractivity contribution in [3.8, 4) is 0 Å². The Morgan fingerprint density at radius 1 is 1.25 bits per heavy atom. The van der Waals surface area contributed by atoms with Gasteiger partial charge in [0.15, 0.2) is 0 Å². The van der Waals surface area contributed by atoms with Crippen molar-refractivity contribution in [1.82, 2.24) is 5.32 Å². The smallest absolute Gasteiger partial charge is 0.120 e. The molecule has 0 amide bonds. The fourth-order valence-electron chi connectivity index (χ4n) is 3.51. The molecule has 2 nitrogen and oxygen atoms in total. The van der Waals surface area contributed by atoms with Crippen LogP contribution in [-0.4, -0.2) is 6.04 Å². The molecule has 0 saturated heterocycles. The second-order valence-corrected chi connectivity index (χ2v) is 7.03. The van der Waals surface area contributed by atoms with Crippen molar-refractivity contribution < 1.29 is 4.42 Å². The van der Waals surface area contributed by atoms with Crippen LogP contribution in [0.5, 0.6) is 0 Å². The van der Waals surface area contributed by atoms with E-state index >= 15 is 0 Å². The number of nitrogens with one attached hydrogen (secondary N) is 1. The predicted octanol–water partition coefficient (Wildman–Crippen LogP) is 5.32. The number of rotatable bonds is 6. The molecule has 1 fully saturated rings. The van der Waals surface area contributed by atoms with Gasteiger partial charge in [0.05, 0.1) is 12.3 Å². The Hall–Kier alpha value is -0.760. The van der Waals surface area contributed by atoms with Crippen molar-refractivity contribution in [1.29, 1.82) is 0 Å². The minimum absolute atomic E-state index is 0.380. The van der Waals surface area contributed by atoms with Gasteiger partial charge in [-0.2, -0.15) is 0 Å². The first-order chi connectivity index (χ1) is 9.56. The van der Waals surface area contributed by atoms with Crippen molar-refractivity contribution in [3.63, 3.8) is 0 Å². The van der Waals surface area contributed by atoms with Crippen LogP contribution in [0, 0.1) is 11.3 Å². The van der Waals surface area contributed by atoms with Crippen LogP contribution in [0.25, 0.3) is 0 Å². The summed E-state index contributed by atoms with van der Waals surface area (Å²) >= 11 is 0. The Kier molecular flexibility index (Phi) is 5.31. The second kappa shape index (κ2) is 6.80. The van der Waals surface area contributed by atoms with Gasteiger partial charge in [-0.25, -0.2) is 0 Å². The molecule has 20 heavy (non-hydrogen) atoms. The van der Waals surface area contributed by atoms with Crippen LogP contribution in [0.15, 0.2) is 22.8 Å². The Balaban J connectivity index is 1.85. The van der Waals surface area contributed by atoms with E-state index in [-0.39, 0.29) is 0 Å². The highest BCUT2D eigenvalue weighted by molar-refractivity contribution is 5.04. The lowest BCUT2D eigenvalue weighted by Crippen LogP contribution is -2.38. The maximum absolute atomic E-state index is 5.56. The van der Waals surface area contributed by atoms with Crippen LogP contribution in [0.1, 0.15) is 78.0 Å². The zero-order chi connectivity index (χ0) is 14.6. The summed E-state index contributed by atoms with van der Waals surface area (Å²) in [5.41, 5.74) is 0.510. The van der Waals surface area contributed by atoms with E-state index in [1.807, 2.05) is 6.07 Å². The highest BCUT2D eigenvalue weighted by Gasteiger charge is 2.32. The minimum Gasteiger partial charge on any atom is -0.468 e. The summed E-state index contributed by atoms with van der Waals surface area (Å²) in [5.74, 6) is 1.98. The molecular formula is C18H31NO. The Morgan fingerprint density at radius 2 is 1.95 bits per heavy atom. The summed E-state index contributed by atoms with van der Waals surface area (Å²) in [6, 6.07) is 5.12. The van der Waals surface area contributed by atoms with E-state index in [1.54, 1.807) is 6.26 Å². The predicted molar refractivity (Wildman–Crippen MR) is 84.7 cm³/mol. The minimum atomic E-state index is 0.380. The fraction of sp³-hybridized carbons (Fsp3) is 0.778. The highest BCUT2D eigenvalue weighted by Crippen LogP contribution is 2.40. The van der Waals surface area contributed by atoms with E-state index in [2.05, 4.69) is 39.1 Å². The molecule has 0 bridgehead atoms. The van der Waals surface area contributed by atoms with Gasteiger partial charge in [0.2, 0.25) is 0 Å². The lowest BCUT2D eigenvalue weighted by molar-refractivity contribution is 0.132. The van der Waals surface area contributed by atoms with Crippen LogP contribution < -0.4 is 5.32 Å². The van der Waals surface area contributed by atoms with Crippen LogP contribution in [0.4, 0.5) is 0 Å². The van der Waals surface area contributed by atoms with Crippen molar-refractivity contribution in [2.45, 2.75) is 78.3 Å². The third kappa shape index (κ3) is 3.66.